The number of aliphatic hydroxyl groups excluding tert-OH is 1. The van der Waals surface area contributed by atoms with Gasteiger partial charge in [0, 0.05) is 12.4 Å². The van der Waals surface area contributed by atoms with Crippen LogP contribution < -0.4 is 5.32 Å². The Balaban J connectivity index is 2.01. The van der Waals surface area contributed by atoms with Crippen LogP contribution in [0.15, 0.2) is 24.6 Å². The lowest BCUT2D eigenvalue weighted by atomic mass is 10.1. The zero-order valence-corrected chi connectivity index (χ0v) is 11.8. The molecule has 1 aliphatic heterocycles. The number of hydrogen-bond donors (Lipinski definition) is 2. The molecule has 0 amide bonds. The Bertz CT molecular complexity index is 261. The molecule has 0 fully saturated rings. The predicted molar refractivity (Wildman–Crippen MR) is 76.7 cm³/mol. The smallest absolute Gasteiger partial charge is 0.125 e. The Labute approximate surface area is 112 Å². The molecule has 0 radical (unpaired) electrons. The van der Waals surface area contributed by atoms with E-state index in [1.807, 2.05) is 24.2 Å². The van der Waals surface area contributed by atoms with Gasteiger partial charge in [-0.15, -0.1) is 0 Å². The monoisotopic (exact) mass is 252 g/mol. The van der Waals surface area contributed by atoms with Crippen molar-refractivity contribution in [1.82, 2.24) is 10.2 Å². The summed E-state index contributed by atoms with van der Waals surface area (Å²) in [5, 5.41) is 12.8. The molecule has 1 rings (SSSR count). The minimum atomic E-state index is -0.404. The van der Waals surface area contributed by atoms with Gasteiger partial charge in [0.2, 0.25) is 0 Å². The van der Waals surface area contributed by atoms with Crippen molar-refractivity contribution in [3.05, 3.63) is 24.6 Å². The molecule has 0 aromatic heterocycles. The summed E-state index contributed by atoms with van der Waals surface area (Å²) >= 11 is 0. The molecule has 0 aliphatic carbocycles. The Morgan fingerprint density at radius 3 is 2.78 bits per heavy atom. The minimum absolute atomic E-state index is 0.278. The van der Waals surface area contributed by atoms with Crippen molar-refractivity contribution in [3.8, 4) is 0 Å². The topological polar surface area (TPSA) is 35.5 Å². The fourth-order valence-electron chi connectivity index (χ4n) is 2.23. The van der Waals surface area contributed by atoms with Gasteiger partial charge in [0.25, 0.3) is 0 Å². The largest absolute Gasteiger partial charge is 0.374 e. The number of allylic oxidation sites excluding steroid dienone is 2. The third-order valence-electron chi connectivity index (χ3n) is 3.30. The maximum Gasteiger partial charge on any atom is 0.125 e. The lowest BCUT2D eigenvalue weighted by Crippen LogP contribution is -2.40. The summed E-state index contributed by atoms with van der Waals surface area (Å²) in [5.41, 5.74) is 0. The Morgan fingerprint density at radius 1 is 1.28 bits per heavy atom. The third-order valence-corrected chi connectivity index (χ3v) is 3.30. The molecule has 0 bridgehead atoms. The van der Waals surface area contributed by atoms with E-state index in [1.165, 1.54) is 38.5 Å². The number of rotatable bonds is 9. The molecule has 2 N–H and O–H groups in total. The summed E-state index contributed by atoms with van der Waals surface area (Å²) in [7, 11) is 0. The zero-order chi connectivity index (χ0) is 13.2. The van der Waals surface area contributed by atoms with E-state index in [0.717, 1.165) is 6.42 Å². The van der Waals surface area contributed by atoms with Crippen LogP contribution in [0.3, 0.4) is 0 Å². The SMILES string of the molecule is CCC/C=C/CCCCCC1NC=CN1C(C)O. The van der Waals surface area contributed by atoms with E-state index < -0.39 is 6.23 Å². The molecule has 1 aliphatic rings. The van der Waals surface area contributed by atoms with Crippen LogP contribution in [-0.2, 0) is 0 Å². The Morgan fingerprint density at radius 2 is 2.06 bits per heavy atom. The van der Waals surface area contributed by atoms with Crippen molar-refractivity contribution >= 4 is 0 Å². The molecule has 0 aromatic rings. The average Bonchev–Trinajstić information content (AvgIpc) is 2.81. The van der Waals surface area contributed by atoms with Crippen LogP contribution in [0.5, 0.6) is 0 Å². The van der Waals surface area contributed by atoms with Gasteiger partial charge in [0.05, 0.1) is 0 Å². The van der Waals surface area contributed by atoms with Gasteiger partial charge in [0.1, 0.15) is 12.4 Å². The van der Waals surface area contributed by atoms with Crippen LogP contribution in [0.2, 0.25) is 0 Å². The maximum absolute atomic E-state index is 9.57. The predicted octanol–water partition coefficient (Wildman–Crippen LogP) is 3.33. The minimum Gasteiger partial charge on any atom is -0.374 e. The van der Waals surface area contributed by atoms with Crippen LogP contribution in [-0.4, -0.2) is 22.4 Å². The molecule has 18 heavy (non-hydrogen) atoms. The molecule has 104 valence electrons. The highest BCUT2D eigenvalue weighted by molar-refractivity contribution is 4.94. The summed E-state index contributed by atoms with van der Waals surface area (Å²) in [6, 6.07) is 0. The second-order valence-corrected chi connectivity index (χ2v) is 4.98. The third kappa shape index (κ3) is 5.58. The fraction of sp³-hybridized carbons (Fsp3) is 0.733. The summed E-state index contributed by atoms with van der Waals surface area (Å²) < 4.78 is 0. The van der Waals surface area contributed by atoms with Crippen LogP contribution >= 0.6 is 0 Å². The normalized spacial score (nSPS) is 20.6. The lowest BCUT2D eigenvalue weighted by molar-refractivity contribution is 0.0254. The van der Waals surface area contributed by atoms with Crippen molar-refractivity contribution < 1.29 is 5.11 Å². The highest BCUT2D eigenvalue weighted by Gasteiger charge is 2.20. The quantitative estimate of drug-likeness (QED) is 0.488. The molecule has 0 saturated carbocycles. The van der Waals surface area contributed by atoms with Crippen molar-refractivity contribution in [2.45, 2.75) is 71.2 Å². The van der Waals surface area contributed by atoms with Gasteiger partial charge in [-0.25, -0.2) is 0 Å². The summed E-state index contributed by atoms with van der Waals surface area (Å²) in [4.78, 5) is 1.97. The number of unbranched alkanes of at least 4 members (excludes halogenated alkanes) is 4. The van der Waals surface area contributed by atoms with Crippen molar-refractivity contribution in [2.24, 2.45) is 0 Å². The van der Waals surface area contributed by atoms with Crippen molar-refractivity contribution in [2.75, 3.05) is 0 Å². The summed E-state index contributed by atoms with van der Waals surface area (Å²) in [6.07, 6.45) is 16.8. The molecule has 1 heterocycles. The molecule has 0 aromatic carbocycles. The van der Waals surface area contributed by atoms with Crippen molar-refractivity contribution in [3.63, 3.8) is 0 Å². The van der Waals surface area contributed by atoms with Crippen LogP contribution in [0.1, 0.15) is 58.8 Å². The molecule has 3 nitrogen and oxygen atoms in total. The first kappa shape index (κ1) is 15.1. The van der Waals surface area contributed by atoms with E-state index in [9.17, 15) is 5.11 Å². The molecule has 2 atom stereocenters. The van der Waals surface area contributed by atoms with Gasteiger partial charge in [-0.2, -0.15) is 0 Å². The summed E-state index contributed by atoms with van der Waals surface area (Å²) in [5.74, 6) is 0. The molecule has 0 spiro atoms. The zero-order valence-electron chi connectivity index (χ0n) is 11.8. The molecule has 2 unspecified atom stereocenters. The average molecular weight is 252 g/mol. The van der Waals surface area contributed by atoms with Gasteiger partial charge in [-0.05, 0) is 39.0 Å². The first-order chi connectivity index (χ1) is 8.75. The van der Waals surface area contributed by atoms with E-state index in [0.29, 0.717) is 0 Å². The lowest BCUT2D eigenvalue weighted by Gasteiger charge is -2.28. The fourth-order valence-corrected chi connectivity index (χ4v) is 2.23. The first-order valence-corrected chi connectivity index (χ1v) is 7.29. The van der Waals surface area contributed by atoms with Gasteiger partial charge in [0.15, 0.2) is 0 Å². The van der Waals surface area contributed by atoms with E-state index in [1.54, 1.807) is 0 Å². The van der Waals surface area contributed by atoms with Gasteiger partial charge in [-0.3, -0.25) is 0 Å². The van der Waals surface area contributed by atoms with Crippen molar-refractivity contribution in [1.29, 1.82) is 0 Å². The Kier molecular flexibility index (Phi) is 7.58. The molecule has 0 saturated heterocycles. The van der Waals surface area contributed by atoms with Gasteiger partial charge in [-0.1, -0.05) is 31.9 Å². The number of hydrogen-bond acceptors (Lipinski definition) is 3. The van der Waals surface area contributed by atoms with E-state index >= 15 is 0 Å². The standard InChI is InChI=1S/C15H28N2O/c1-3-4-5-6-7-8-9-10-11-15-16-12-13-17(15)14(2)18/h5-6,12-16,18H,3-4,7-11H2,1-2H3/b6-5+. The van der Waals surface area contributed by atoms with Crippen LogP contribution in [0, 0.1) is 0 Å². The second kappa shape index (κ2) is 9.03. The van der Waals surface area contributed by atoms with Gasteiger partial charge >= 0.3 is 0 Å². The van der Waals surface area contributed by atoms with Crippen LogP contribution in [0.25, 0.3) is 0 Å². The summed E-state index contributed by atoms with van der Waals surface area (Å²) in [6.45, 7) is 4.02. The molecular weight excluding hydrogens is 224 g/mol. The van der Waals surface area contributed by atoms with E-state index in [-0.39, 0.29) is 6.17 Å². The molecular formula is C15H28N2O. The highest BCUT2D eigenvalue weighted by atomic mass is 16.3. The van der Waals surface area contributed by atoms with E-state index in [2.05, 4.69) is 24.4 Å². The second-order valence-electron chi connectivity index (χ2n) is 4.98. The van der Waals surface area contributed by atoms with E-state index in [4.69, 9.17) is 0 Å². The maximum atomic E-state index is 9.57. The Hall–Kier alpha value is -0.960. The number of nitrogens with zero attached hydrogens (tertiary/aromatic N) is 1. The number of nitrogens with one attached hydrogen (secondary N) is 1. The van der Waals surface area contributed by atoms with Crippen LogP contribution in [0.4, 0.5) is 0 Å². The molecule has 3 heteroatoms. The first-order valence-electron chi connectivity index (χ1n) is 7.29. The van der Waals surface area contributed by atoms with Gasteiger partial charge < -0.3 is 15.3 Å². The number of aliphatic hydroxyl groups is 1. The highest BCUT2D eigenvalue weighted by Crippen LogP contribution is 2.15.